The molecule has 3 aromatic rings. The summed E-state index contributed by atoms with van der Waals surface area (Å²) < 4.78 is 16.2. The Bertz CT molecular complexity index is 1150. The number of esters is 1. The van der Waals surface area contributed by atoms with Crippen LogP contribution in [0.5, 0.6) is 17.2 Å². The van der Waals surface area contributed by atoms with Gasteiger partial charge in [0.1, 0.15) is 17.2 Å². The number of benzene rings is 3. The first-order valence-corrected chi connectivity index (χ1v) is 9.11. The number of hydrogen-bond donors (Lipinski definition) is 0. The van der Waals surface area contributed by atoms with Crippen molar-refractivity contribution in [3.05, 3.63) is 94.2 Å². The average molecular weight is 407 g/mol. The smallest absolute Gasteiger partial charge is 0.343 e. The Balaban J connectivity index is 1.55. The van der Waals surface area contributed by atoms with Crippen molar-refractivity contribution in [2.45, 2.75) is 0 Å². The molecule has 0 amide bonds. The highest BCUT2D eigenvalue weighted by molar-refractivity contribution is 6.30. The molecule has 0 N–H and O–H groups in total. The molecule has 29 heavy (non-hydrogen) atoms. The van der Waals surface area contributed by atoms with Gasteiger partial charge in [-0.3, -0.25) is 4.79 Å². The Hall–Kier alpha value is -3.57. The second kappa shape index (κ2) is 7.81. The average Bonchev–Trinajstić information content (AvgIpc) is 3.02. The van der Waals surface area contributed by atoms with Crippen molar-refractivity contribution in [3.8, 4) is 17.2 Å². The zero-order chi connectivity index (χ0) is 20.4. The molecule has 3 aromatic carbocycles. The summed E-state index contributed by atoms with van der Waals surface area (Å²) in [6, 6.07) is 18.4. The van der Waals surface area contributed by atoms with Crippen LogP contribution in [-0.2, 0) is 0 Å². The summed E-state index contributed by atoms with van der Waals surface area (Å²) in [6.45, 7) is 0. The molecule has 0 unspecified atom stereocenters. The highest BCUT2D eigenvalue weighted by Crippen LogP contribution is 2.35. The lowest BCUT2D eigenvalue weighted by Crippen LogP contribution is -2.08. The minimum absolute atomic E-state index is 0.179. The number of hydrogen-bond acceptors (Lipinski definition) is 5. The van der Waals surface area contributed by atoms with Crippen LogP contribution < -0.4 is 14.2 Å². The first kappa shape index (κ1) is 18.8. The molecule has 0 bridgehead atoms. The summed E-state index contributed by atoms with van der Waals surface area (Å²) in [5.74, 6) is 0.553. The molecule has 0 fully saturated rings. The number of carbonyl (C=O) groups is 2. The van der Waals surface area contributed by atoms with Crippen LogP contribution in [0, 0.1) is 0 Å². The largest absolute Gasteiger partial charge is 0.497 e. The molecule has 0 saturated heterocycles. The first-order chi connectivity index (χ1) is 14.0. The minimum atomic E-state index is -0.539. The van der Waals surface area contributed by atoms with Crippen molar-refractivity contribution in [2.75, 3.05) is 7.11 Å². The number of carbonyl (C=O) groups excluding carboxylic acids is 2. The molecule has 1 aliphatic rings. The maximum Gasteiger partial charge on any atom is 0.343 e. The SMILES string of the molecule is COc1cccc(C(=O)Oc2ccc3c(c2)OC(=Cc2cccc(Cl)c2)C3=O)c1. The molecule has 0 saturated carbocycles. The molecule has 0 atom stereocenters. The Morgan fingerprint density at radius 1 is 1.00 bits per heavy atom. The molecule has 0 aromatic heterocycles. The van der Waals surface area contributed by atoms with E-state index in [1.165, 1.54) is 13.2 Å². The number of ether oxygens (including phenoxy) is 3. The highest BCUT2D eigenvalue weighted by Gasteiger charge is 2.28. The van der Waals surface area contributed by atoms with E-state index >= 15 is 0 Å². The van der Waals surface area contributed by atoms with Crippen molar-refractivity contribution < 1.29 is 23.8 Å². The summed E-state index contributed by atoms with van der Waals surface area (Å²) in [6.07, 6.45) is 1.62. The topological polar surface area (TPSA) is 61.8 Å². The van der Waals surface area contributed by atoms with Gasteiger partial charge < -0.3 is 14.2 Å². The number of rotatable bonds is 4. The van der Waals surface area contributed by atoms with Crippen LogP contribution in [0.25, 0.3) is 6.08 Å². The lowest BCUT2D eigenvalue weighted by molar-refractivity contribution is 0.0734. The van der Waals surface area contributed by atoms with Gasteiger partial charge in [-0.25, -0.2) is 4.79 Å². The van der Waals surface area contributed by atoms with E-state index in [2.05, 4.69) is 0 Å². The number of allylic oxidation sites excluding steroid dienone is 1. The molecule has 4 rings (SSSR count). The van der Waals surface area contributed by atoms with Gasteiger partial charge in [0.05, 0.1) is 18.2 Å². The summed E-state index contributed by atoms with van der Waals surface area (Å²) >= 11 is 5.98. The third-order valence-corrected chi connectivity index (χ3v) is 4.54. The van der Waals surface area contributed by atoms with Gasteiger partial charge in [-0.05, 0) is 54.1 Å². The van der Waals surface area contributed by atoms with Crippen LogP contribution >= 0.6 is 11.6 Å². The van der Waals surface area contributed by atoms with E-state index < -0.39 is 5.97 Å². The molecule has 1 aliphatic heterocycles. The monoisotopic (exact) mass is 406 g/mol. The van der Waals surface area contributed by atoms with Gasteiger partial charge in [0, 0.05) is 11.1 Å². The van der Waals surface area contributed by atoms with Gasteiger partial charge in [-0.2, -0.15) is 0 Å². The van der Waals surface area contributed by atoms with Crippen LogP contribution in [0.15, 0.2) is 72.5 Å². The molecule has 1 heterocycles. The standard InChI is InChI=1S/C23H15ClO5/c1-27-17-7-3-5-15(12-17)23(26)28-18-8-9-19-20(13-18)29-21(22(19)25)11-14-4-2-6-16(24)10-14/h2-13H,1H3. The van der Waals surface area contributed by atoms with Crippen LogP contribution in [0.2, 0.25) is 5.02 Å². The van der Waals surface area contributed by atoms with Crippen molar-refractivity contribution in [1.29, 1.82) is 0 Å². The molecule has 0 radical (unpaired) electrons. The number of ketones is 1. The zero-order valence-electron chi connectivity index (χ0n) is 15.3. The lowest BCUT2D eigenvalue weighted by Gasteiger charge is -2.07. The van der Waals surface area contributed by atoms with Crippen molar-refractivity contribution >= 4 is 29.4 Å². The highest BCUT2D eigenvalue weighted by atomic mass is 35.5. The fourth-order valence-corrected chi connectivity index (χ4v) is 3.09. The normalized spacial score (nSPS) is 13.7. The van der Waals surface area contributed by atoms with E-state index in [9.17, 15) is 9.59 Å². The summed E-state index contributed by atoms with van der Waals surface area (Å²) in [5, 5.41) is 0.564. The van der Waals surface area contributed by atoms with Crippen LogP contribution in [0.4, 0.5) is 0 Å². The number of methoxy groups -OCH3 is 1. The van der Waals surface area contributed by atoms with Crippen molar-refractivity contribution in [2.24, 2.45) is 0 Å². The Morgan fingerprint density at radius 3 is 2.62 bits per heavy atom. The first-order valence-electron chi connectivity index (χ1n) is 8.73. The third-order valence-electron chi connectivity index (χ3n) is 4.30. The van der Waals surface area contributed by atoms with E-state index in [0.717, 1.165) is 5.56 Å². The van der Waals surface area contributed by atoms with Gasteiger partial charge in [-0.15, -0.1) is 0 Å². The summed E-state index contributed by atoms with van der Waals surface area (Å²) in [4.78, 5) is 24.9. The van der Waals surface area contributed by atoms with E-state index in [-0.39, 0.29) is 17.3 Å². The molecular formula is C23H15ClO5. The van der Waals surface area contributed by atoms with E-state index in [1.807, 2.05) is 6.07 Å². The van der Waals surface area contributed by atoms with Crippen LogP contribution in [0.3, 0.4) is 0 Å². The quantitative estimate of drug-likeness (QED) is 0.339. The minimum Gasteiger partial charge on any atom is -0.497 e. The number of fused-ring (bicyclic) bond motifs is 1. The third kappa shape index (κ3) is 4.00. The van der Waals surface area contributed by atoms with E-state index in [1.54, 1.807) is 60.7 Å². The van der Waals surface area contributed by atoms with Crippen molar-refractivity contribution in [1.82, 2.24) is 0 Å². The van der Waals surface area contributed by atoms with Crippen LogP contribution in [-0.4, -0.2) is 18.9 Å². The molecular weight excluding hydrogens is 392 g/mol. The van der Waals surface area contributed by atoms with E-state index in [4.69, 9.17) is 25.8 Å². The molecule has 5 nitrogen and oxygen atoms in total. The zero-order valence-corrected chi connectivity index (χ0v) is 16.1. The number of halogens is 1. The second-order valence-electron chi connectivity index (χ2n) is 6.27. The summed E-state index contributed by atoms with van der Waals surface area (Å²) in [5.41, 5.74) is 1.50. The Kier molecular flexibility index (Phi) is 5.06. The fraction of sp³-hybridized carbons (Fsp3) is 0.0435. The van der Waals surface area contributed by atoms with Gasteiger partial charge in [0.2, 0.25) is 5.78 Å². The summed E-state index contributed by atoms with van der Waals surface area (Å²) in [7, 11) is 1.52. The van der Waals surface area contributed by atoms with Gasteiger partial charge in [0.15, 0.2) is 5.76 Å². The lowest BCUT2D eigenvalue weighted by atomic mass is 10.1. The van der Waals surface area contributed by atoms with Gasteiger partial charge in [0.25, 0.3) is 0 Å². The molecule has 0 spiro atoms. The fourth-order valence-electron chi connectivity index (χ4n) is 2.89. The van der Waals surface area contributed by atoms with Gasteiger partial charge >= 0.3 is 5.97 Å². The van der Waals surface area contributed by atoms with Crippen LogP contribution in [0.1, 0.15) is 26.3 Å². The predicted octanol–water partition coefficient (Wildman–Crippen LogP) is 5.18. The van der Waals surface area contributed by atoms with Crippen molar-refractivity contribution in [3.63, 3.8) is 0 Å². The maximum absolute atomic E-state index is 12.6. The Morgan fingerprint density at radius 2 is 1.83 bits per heavy atom. The van der Waals surface area contributed by atoms with Gasteiger partial charge in [-0.1, -0.05) is 29.8 Å². The number of Topliss-reactive ketones (excluding diaryl/α,β-unsaturated/α-hetero) is 1. The van der Waals surface area contributed by atoms with E-state index in [0.29, 0.717) is 27.6 Å². The maximum atomic E-state index is 12.6. The Labute approximate surface area is 172 Å². The molecule has 144 valence electrons. The second-order valence-corrected chi connectivity index (χ2v) is 6.71. The predicted molar refractivity (Wildman–Crippen MR) is 109 cm³/mol. The molecule has 6 heteroatoms. The molecule has 0 aliphatic carbocycles.